The molecule has 1 atom stereocenters. The standard InChI is InChI=1S/C14H17IN2O/c15-13-4-2-1-3-12(13)14(18)16-10-7-8-17(9-10)11-5-6-11/h1-4,10-11H,5-9H2,(H,16,18). The average molecular weight is 356 g/mol. The van der Waals surface area contributed by atoms with E-state index in [4.69, 9.17) is 0 Å². The highest BCUT2D eigenvalue weighted by molar-refractivity contribution is 14.1. The fraction of sp³-hybridized carbons (Fsp3) is 0.500. The first-order valence-corrected chi connectivity index (χ1v) is 7.61. The summed E-state index contributed by atoms with van der Waals surface area (Å²) in [4.78, 5) is 14.7. The third-order valence-corrected chi connectivity index (χ3v) is 4.68. The van der Waals surface area contributed by atoms with E-state index in [1.54, 1.807) is 0 Å². The van der Waals surface area contributed by atoms with Crippen molar-refractivity contribution >= 4 is 28.5 Å². The van der Waals surface area contributed by atoms with Crippen molar-refractivity contribution in [2.75, 3.05) is 13.1 Å². The van der Waals surface area contributed by atoms with Crippen LogP contribution in [-0.4, -0.2) is 36.0 Å². The van der Waals surface area contributed by atoms with Crippen molar-refractivity contribution in [3.05, 3.63) is 33.4 Å². The van der Waals surface area contributed by atoms with Crippen molar-refractivity contribution in [3.63, 3.8) is 0 Å². The Kier molecular flexibility index (Phi) is 3.56. The molecule has 1 unspecified atom stereocenters. The normalized spacial score (nSPS) is 24.2. The van der Waals surface area contributed by atoms with Gasteiger partial charge in [-0.1, -0.05) is 12.1 Å². The minimum Gasteiger partial charge on any atom is -0.348 e. The van der Waals surface area contributed by atoms with Gasteiger partial charge in [-0.15, -0.1) is 0 Å². The zero-order valence-electron chi connectivity index (χ0n) is 10.2. The predicted octanol–water partition coefficient (Wildman–Crippen LogP) is 2.26. The highest BCUT2D eigenvalue weighted by atomic mass is 127. The summed E-state index contributed by atoms with van der Waals surface area (Å²) in [5.41, 5.74) is 0.794. The molecule has 0 aromatic heterocycles. The molecule has 1 N–H and O–H groups in total. The number of hydrogen-bond donors (Lipinski definition) is 1. The molecule has 96 valence electrons. The SMILES string of the molecule is O=C(NC1CCN(C2CC2)C1)c1ccccc1I. The van der Waals surface area contributed by atoms with Crippen LogP contribution in [0.1, 0.15) is 29.6 Å². The van der Waals surface area contributed by atoms with Crippen LogP contribution in [0.5, 0.6) is 0 Å². The Morgan fingerprint density at radius 3 is 2.78 bits per heavy atom. The van der Waals surface area contributed by atoms with E-state index in [9.17, 15) is 4.79 Å². The molecule has 4 heteroatoms. The Balaban J connectivity index is 1.60. The average Bonchev–Trinajstić information content (AvgIpc) is 3.11. The molecule has 1 saturated heterocycles. The van der Waals surface area contributed by atoms with Crippen molar-refractivity contribution in [3.8, 4) is 0 Å². The van der Waals surface area contributed by atoms with Gasteiger partial charge in [0.1, 0.15) is 0 Å². The van der Waals surface area contributed by atoms with Gasteiger partial charge in [0, 0.05) is 28.7 Å². The van der Waals surface area contributed by atoms with Crippen LogP contribution in [0, 0.1) is 3.57 Å². The van der Waals surface area contributed by atoms with Gasteiger partial charge in [0.2, 0.25) is 0 Å². The van der Waals surface area contributed by atoms with Gasteiger partial charge in [0.05, 0.1) is 5.56 Å². The van der Waals surface area contributed by atoms with Crippen LogP contribution < -0.4 is 5.32 Å². The van der Waals surface area contributed by atoms with Gasteiger partial charge in [0.25, 0.3) is 5.91 Å². The van der Waals surface area contributed by atoms with Gasteiger partial charge in [-0.05, 0) is 54.0 Å². The maximum Gasteiger partial charge on any atom is 0.252 e. The lowest BCUT2D eigenvalue weighted by Gasteiger charge is -2.16. The number of halogens is 1. The number of carbonyl (C=O) groups excluding carboxylic acids is 1. The fourth-order valence-corrected chi connectivity index (χ4v) is 3.22. The van der Waals surface area contributed by atoms with Crippen LogP contribution in [-0.2, 0) is 0 Å². The van der Waals surface area contributed by atoms with E-state index in [2.05, 4.69) is 32.8 Å². The third-order valence-electron chi connectivity index (χ3n) is 3.74. The van der Waals surface area contributed by atoms with E-state index in [-0.39, 0.29) is 5.91 Å². The summed E-state index contributed by atoms with van der Waals surface area (Å²) in [7, 11) is 0. The quantitative estimate of drug-likeness (QED) is 0.843. The zero-order chi connectivity index (χ0) is 12.5. The highest BCUT2D eigenvalue weighted by Gasteiger charge is 2.34. The van der Waals surface area contributed by atoms with Gasteiger partial charge in [0.15, 0.2) is 0 Å². The maximum absolute atomic E-state index is 12.2. The summed E-state index contributed by atoms with van der Waals surface area (Å²) >= 11 is 2.22. The number of benzene rings is 1. The molecule has 1 saturated carbocycles. The van der Waals surface area contributed by atoms with E-state index >= 15 is 0 Å². The van der Waals surface area contributed by atoms with Gasteiger partial charge >= 0.3 is 0 Å². The molecule has 3 nitrogen and oxygen atoms in total. The number of hydrogen-bond acceptors (Lipinski definition) is 2. The van der Waals surface area contributed by atoms with Crippen LogP contribution in [0.15, 0.2) is 24.3 Å². The molecule has 0 spiro atoms. The first-order chi connectivity index (χ1) is 8.74. The summed E-state index contributed by atoms with van der Waals surface area (Å²) in [6.07, 6.45) is 3.78. The fourth-order valence-electron chi connectivity index (χ4n) is 2.58. The molecule has 1 heterocycles. The summed E-state index contributed by atoms with van der Waals surface area (Å²) < 4.78 is 1.02. The molecule has 0 radical (unpaired) electrons. The van der Waals surface area contributed by atoms with Crippen molar-refractivity contribution in [1.29, 1.82) is 0 Å². The molecule has 2 fully saturated rings. The monoisotopic (exact) mass is 356 g/mol. The second-order valence-electron chi connectivity index (χ2n) is 5.17. The molecule has 1 amide bonds. The molecular weight excluding hydrogens is 339 g/mol. The summed E-state index contributed by atoms with van der Waals surface area (Å²) in [5.74, 6) is 0.0719. The van der Waals surface area contributed by atoms with Crippen LogP contribution >= 0.6 is 22.6 Å². The summed E-state index contributed by atoms with van der Waals surface area (Å²) in [6, 6.07) is 8.88. The van der Waals surface area contributed by atoms with Gasteiger partial charge < -0.3 is 5.32 Å². The smallest absolute Gasteiger partial charge is 0.252 e. The van der Waals surface area contributed by atoms with Crippen molar-refractivity contribution in [1.82, 2.24) is 10.2 Å². The molecule has 2 aliphatic rings. The Hall–Kier alpha value is -0.620. The molecule has 0 bridgehead atoms. The number of likely N-dealkylation sites (tertiary alicyclic amines) is 1. The molecule has 1 aromatic rings. The first-order valence-electron chi connectivity index (χ1n) is 6.53. The zero-order valence-corrected chi connectivity index (χ0v) is 12.4. The Morgan fingerprint density at radius 2 is 2.06 bits per heavy atom. The number of amides is 1. The van der Waals surface area contributed by atoms with E-state index in [0.29, 0.717) is 6.04 Å². The lowest BCUT2D eigenvalue weighted by atomic mass is 10.2. The summed E-state index contributed by atoms with van der Waals surface area (Å²) in [5, 5.41) is 3.16. The molecule has 1 aliphatic carbocycles. The number of nitrogens with one attached hydrogen (secondary N) is 1. The van der Waals surface area contributed by atoms with E-state index in [1.165, 1.54) is 12.8 Å². The van der Waals surface area contributed by atoms with Crippen molar-refractivity contribution in [2.24, 2.45) is 0 Å². The molecular formula is C14H17IN2O. The van der Waals surface area contributed by atoms with Crippen molar-refractivity contribution in [2.45, 2.75) is 31.3 Å². The van der Waals surface area contributed by atoms with Gasteiger partial charge in [-0.25, -0.2) is 0 Å². The lowest BCUT2D eigenvalue weighted by Crippen LogP contribution is -2.37. The molecule has 18 heavy (non-hydrogen) atoms. The van der Waals surface area contributed by atoms with Crippen LogP contribution in [0.3, 0.4) is 0 Å². The molecule has 1 aromatic carbocycles. The molecule has 3 rings (SSSR count). The highest BCUT2D eigenvalue weighted by Crippen LogP contribution is 2.29. The Morgan fingerprint density at radius 1 is 1.28 bits per heavy atom. The van der Waals surface area contributed by atoms with Crippen LogP contribution in [0.2, 0.25) is 0 Å². The number of rotatable bonds is 3. The second kappa shape index (κ2) is 5.17. The van der Waals surface area contributed by atoms with Crippen LogP contribution in [0.25, 0.3) is 0 Å². The number of nitrogens with zero attached hydrogens (tertiary/aromatic N) is 1. The van der Waals surface area contributed by atoms with E-state index in [0.717, 1.165) is 34.7 Å². The van der Waals surface area contributed by atoms with E-state index < -0.39 is 0 Å². The largest absolute Gasteiger partial charge is 0.348 e. The second-order valence-corrected chi connectivity index (χ2v) is 6.33. The van der Waals surface area contributed by atoms with Gasteiger partial charge in [-0.3, -0.25) is 9.69 Å². The van der Waals surface area contributed by atoms with Gasteiger partial charge in [-0.2, -0.15) is 0 Å². The third kappa shape index (κ3) is 2.69. The topological polar surface area (TPSA) is 32.3 Å². The minimum absolute atomic E-state index is 0.0719. The Labute approximate surface area is 121 Å². The number of carbonyl (C=O) groups is 1. The van der Waals surface area contributed by atoms with E-state index in [1.807, 2.05) is 24.3 Å². The first kappa shape index (κ1) is 12.4. The predicted molar refractivity (Wildman–Crippen MR) is 79.6 cm³/mol. The van der Waals surface area contributed by atoms with Crippen molar-refractivity contribution < 1.29 is 4.79 Å². The summed E-state index contributed by atoms with van der Waals surface area (Å²) in [6.45, 7) is 2.17. The minimum atomic E-state index is 0.0719. The molecule has 1 aliphatic heterocycles. The maximum atomic E-state index is 12.2. The Bertz CT molecular complexity index is 459. The van der Waals surface area contributed by atoms with Crippen LogP contribution in [0.4, 0.5) is 0 Å². The lowest BCUT2D eigenvalue weighted by molar-refractivity contribution is 0.0936.